The monoisotopic (exact) mass is 294 g/mol. The SMILES string of the molecule is CCCN(CCC)C(=O)C1(C(=O)N2CCCCCC2)CC1. The molecule has 2 rings (SSSR count). The number of carbonyl (C=O) groups is 2. The molecule has 0 aromatic heterocycles. The normalized spacial score (nSPS) is 20.8. The lowest BCUT2D eigenvalue weighted by Crippen LogP contribution is -2.47. The van der Waals surface area contributed by atoms with Gasteiger partial charge in [-0.15, -0.1) is 0 Å². The number of nitrogens with zero attached hydrogens (tertiary/aromatic N) is 2. The lowest BCUT2D eigenvalue weighted by molar-refractivity contribution is -0.149. The van der Waals surface area contributed by atoms with E-state index in [4.69, 9.17) is 0 Å². The van der Waals surface area contributed by atoms with Crippen LogP contribution in [0.25, 0.3) is 0 Å². The highest BCUT2D eigenvalue weighted by Crippen LogP contribution is 2.49. The lowest BCUT2D eigenvalue weighted by atomic mass is 10.0. The number of rotatable bonds is 6. The molecule has 0 bridgehead atoms. The van der Waals surface area contributed by atoms with Crippen molar-refractivity contribution in [2.75, 3.05) is 26.2 Å². The van der Waals surface area contributed by atoms with E-state index < -0.39 is 5.41 Å². The minimum atomic E-state index is -0.686. The molecular weight excluding hydrogens is 264 g/mol. The van der Waals surface area contributed by atoms with Crippen LogP contribution in [-0.4, -0.2) is 47.8 Å². The van der Waals surface area contributed by atoms with E-state index in [-0.39, 0.29) is 11.8 Å². The molecule has 0 aromatic carbocycles. The standard InChI is InChI=1S/C17H30N2O2/c1-3-11-18(12-4-2)15(20)17(9-10-17)16(21)19-13-7-5-6-8-14-19/h3-14H2,1-2H3. The molecule has 120 valence electrons. The van der Waals surface area contributed by atoms with Gasteiger partial charge in [-0.2, -0.15) is 0 Å². The van der Waals surface area contributed by atoms with Gasteiger partial charge < -0.3 is 9.80 Å². The molecule has 0 N–H and O–H groups in total. The Bertz CT molecular complexity index is 347. The lowest BCUT2D eigenvalue weighted by Gasteiger charge is -2.30. The summed E-state index contributed by atoms with van der Waals surface area (Å²) >= 11 is 0. The van der Waals surface area contributed by atoms with Crippen LogP contribution in [0, 0.1) is 5.41 Å². The minimum absolute atomic E-state index is 0.0976. The van der Waals surface area contributed by atoms with Gasteiger partial charge in [0, 0.05) is 26.2 Å². The third kappa shape index (κ3) is 3.58. The van der Waals surface area contributed by atoms with Crippen LogP contribution in [-0.2, 0) is 9.59 Å². The molecule has 1 saturated heterocycles. The van der Waals surface area contributed by atoms with Crippen LogP contribution < -0.4 is 0 Å². The van der Waals surface area contributed by atoms with Gasteiger partial charge in [0.1, 0.15) is 5.41 Å². The summed E-state index contributed by atoms with van der Waals surface area (Å²) in [6.07, 6.45) is 8.02. The van der Waals surface area contributed by atoms with E-state index >= 15 is 0 Å². The predicted molar refractivity (Wildman–Crippen MR) is 83.9 cm³/mol. The first-order valence-corrected chi connectivity index (χ1v) is 8.74. The van der Waals surface area contributed by atoms with Gasteiger partial charge in [-0.1, -0.05) is 26.7 Å². The molecule has 0 spiro atoms. The maximum Gasteiger partial charge on any atom is 0.238 e. The largest absolute Gasteiger partial charge is 0.342 e. The molecule has 0 atom stereocenters. The first-order chi connectivity index (χ1) is 10.2. The molecule has 1 saturated carbocycles. The van der Waals surface area contributed by atoms with Gasteiger partial charge in [-0.3, -0.25) is 9.59 Å². The van der Waals surface area contributed by atoms with E-state index in [1.807, 2.05) is 9.80 Å². The molecule has 2 aliphatic rings. The number of hydrogen-bond donors (Lipinski definition) is 0. The summed E-state index contributed by atoms with van der Waals surface area (Å²) < 4.78 is 0. The van der Waals surface area contributed by atoms with Gasteiger partial charge in [-0.05, 0) is 38.5 Å². The second kappa shape index (κ2) is 7.28. The second-order valence-corrected chi connectivity index (χ2v) is 6.58. The smallest absolute Gasteiger partial charge is 0.238 e. The summed E-state index contributed by atoms with van der Waals surface area (Å²) in [5.74, 6) is 0.215. The fourth-order valence-corrected chi connectivity index (χ4v) is 3.38. The topological polar surface area (TPSA) is 40.6 Å². The highest BCUT2D eigenvalue weighted by Gasteiger charge is 2.59. The van der Waals surface area contributed by atoms with Gasteiger partial charge in [0.2, 0.25) is 11.8 Å². The van der Waals surface area contributed by atoms with Crippen molar-refractivity contribution in [1.82, 2.24) is 9.80 Å². The second-order valence-electron chi connectivity index (χ2n) is 6.58. The van der Waals surface area contributed by atoms with E-state index in [0.29, 0.717) is 0 Å². The van der Waals surface area contributed by atoms with Gasteiger partial charge in [0.05, 0.1) is 0 Å². The maximum atomic E-state index is 12.9. The van der Waals surface area contributed by atoms with Crippen molar-refractivity contribution in [3.8, 4) is 0 Å². The molecule has 4 nitrogen and oxygen atoms in total. The molecule has 0 unspecified atom stereocenters. The van der Waals surface area contributed by atoms with Crippen molar-refractivity contribution in [2.45, 2.75) is 65.2 Å². The Hall–Kier alpha value is -1.06. The van der Waals surface area contributed by atoms with Crippen molar-refractivity contribution in [1.29, 1.82) is 0 Å². The van der Waals surface area contributed by atoms with E-state index in [0.717, 1.165) is 64.7 Å². The van der Waals surface area contributed by atoms with Crippen LogP contribution in [0.3, 0.4) is 0 Å². The van der Waals surface area contributed by atoms with Crippen LogP contribution >= 0.6 is 0 Å². The Morgan fingerprint density at radius 3 is 1.90 bits per heavy atom. The summed E-state index contributed by atoms with van der Waals surface area (Å²) in [5, 5.41) is 0. The van der Waals surface area contributed by atoms with Crippen LogP contribution in [0.2, 0.25) is 0 Å². The number of likely N-dealkylation sites (tertiary alicyclic amines) is 1. The Kier molecular flexibility index (Phi) is 5.65. The highest BCUT2D eigenvalue weighted by atomic mass is 16.2. The molecule has 0 aromatic rings. The Labute approximate surface area is 128 Å². The molecule has 1 aliphatic heterocycles. The van der Waals surface area contributed by atoms with Gasteiger partial charge in [0.15, 0.2) is 0 Å². The minimum Gasteiger partial charge on any atom is -0.342 e. The summed E-state index contributed by atoms with van der Waals surface area (Å²) in [5.41, 5.74) is -0.686. The van der Waals surface area contributed by atoms with Gasteiger partial charge in [-0.25, -0.2) is 0 Å². The maximum absolute atomic E-state index is 12.9. The fourth-order valence-electron chi connectivity index (χ4n) is 3.38. The predicted octanol–water partition coefficient (Wildman–Crippen LogP) is 2.82. The molecule has 21 heavy (non-hydrogen) atoms. The third-order valence-electron chi connectivity index (χ3n) is 4.74. The first-order valence-electron chi connectivity index (χ1n) is 8.74. The number of amides is 2. The zero-order valence-electron chi connectivity index (χ0n) is 13.7. The van der Waals surface area contributed by atoms with Crippen molar-refractivity contribution >= 4 is 11.8 Å². The van der Waals surface area contributed by atoms with E-state index in [1.165, 1.54) is 12.8 Å². The molecule has 1 heterocycles. The van der Waals surface area contributed by atoms with E-state index in [2.05, 4.69) is 13.8 Å². The molecule has 4 heteroatoms. The third-order valence-corrected chi connectivity index (χ3v) is 4.74. The van der Waals surface area contributed by atoms with Crippen molar-refractivity contribution in [3.05, 3.63) is 0 Å². The first kappa shape index (κ1) is 16.3. The Morgan fingerprint density at radius 1 is 0.952 bits per heavy atom. The molecule has 2 fully saturated rings. The van der Waals surface area contributed by atoms with Crippen molar-refractivity contribution in [2.24, 2.45) is 5.41 Å². The average Bonchev–Trinajstić information content (AvgIpc) is 3.30. The van der Waals surface area contributed by atoms with Gasteiger partial charge in [0.25, 0.3) is 0 Å². The summed E-state index contributed by atoms with van der Waals surface area (Å²) in [7, 11) is 0. The van der Waals surface area contributed by atoms with E-state index in [9.17, 15) is 9.59 Å². The summed E-state index contributed by atoms with van der Waals surface area (Å²) in [6, 6.07) is 0. The number of carbonyl (C=O) groups excluding carboxylic acids is 2. The van der Waals surface area contributed by atoms with Gasteiger partial charge >= 0.3 is 0 Å². The fraction of sp³-hybridized carbons (Fsp3) is 0.882. The summed E-state index contributed by atoms with van der Waals surface area (Å²) in [6.45, 7) is 7.42. The zero-order valence-corrected chi connectivity index (χ0v) is 13.7. The number of hydrogen-bond acceptors (Lipinski definition) is 2. The summed E-state index contributed by atoms with van der Waals surface area (Å²) in [4.78, 5) is 29.6. The quantitative estimate of drug-likeness (QED) is 0.707. The molecule has 2 amide bonds. The van der Waals surface area contributed by atoms with Crippen molar-refractivity contribution < 1.29 is 9.59 Å². The molecular formula is C17H30N2O2. The van der Waals surface area contributed by atoms with Crippen LogP contribution in [0.5, 0.6) is 0 Å². The Morgan fingerprint density at radius 2 is 1.48 bits per heavy atom. The zero-order chi connectivity index (χ0) is 15.3. The molecule has 1 aliphatic carbocycles. The average molecular weight is 294 g/mol. The van der Waals surface area contributed by atoms with Crippen LogP contribution in [0.4, 0.5) is 0 Å². The van der Waals surface area contributed by atoms with Crippen LogP contribution in [0.15, 0.2) is 0 Å². The highest BCUT2D eigenvalue weighted by molar-refractivity contribution is 6.07. The Balaban J connectivity index is 2.05. The molecule has 0 radical (unpaired) electrons. The van der Waals surface area contributed by atoms with Crippen molar-refractivity contribution in [3.63, 3.8) is 0 Å². The van der Waals surface area contributed by atoms with Crippen LogP contribution in [0.1, 0.15) is 65.2 Å². The van der Waals surface area contributed by atoms with E-state index in [1.54, 1.807) is 0 Å².